The van der Waals surface area contributed by atoms with E-state index in [-0.39, 0.29) is 36.5 Å². The Morgan fingerprint density at radius 1 is 1.36 bits per heavy atom. The van der Waals surface area contributed by atoms with E-state index >= 15 is 0 Å². The standard InChI is InChI=1S/C16H19N5O3.ClH/c1-19-14(22)4-7-20(16(19)24)11-15(23)21-8-6-18-10-13(21)12-3-2-5-17-9-12;/h2-5,7,9,13,18H,6,8,10-11H2,1H3;1H. The van der Waals surface area contributed by atoms with Gasteiger partial charge in [-0.25, -0.2) is 4.79 Å². The van der Waals surface area contributed by atoms with Crippen LogP contribution in [-0.4, -0.2) is 44.6 Å². The molecule has 1 fully saturated rings. The van der Waals surface area contributed by atoms with Crippen molar-refractivity contribution in [3.63, 3.8) is 0 Å². The molecule has 8 nitrogen and oxygen atoms in total. The molecule has 0 aromatic carbocycles. The Labute approximate surface area is 150 Å². The van der Waals surface area contributed by atoms with Crippen LogP contribution in [0.15, 0.2) is 46.4 Å². The number of hydrogen-bond acceptors (Lipinski definition) is 5. The smallest absolute Gasteiger partial charge is 0.331 e. The van der Waals surface area contributed by atoms with Gasteiger partial charge in [0.25, 0.3) is 5.56 Å². The van der Waals surface area contributed by atoms with Crippen molar-refractivity contribution in [2.24, 2.45) is 7.05 Å². The van der Waals surface area contributed by atoms with E-state index in [9.17, 15) is 14.4 Å². The van der Waals surface area contributed by atoms with Gasteiger partial charge in [-0.15, -0.1) is 12.4 Å². The Hall–Kier alpha value is -2.45. The van der Waals surface area contributed by atoms with Gasteiger partial charge >= 0.3 is 5.69 Å². The van der Waals surface area contributed by atoms with Crippen LogP contribution in [0.3, 0.4) is 0 Å². The molecule has 25 heavy (non-hydrogen) atoms. The molecule has 0 aliphatic carbocycles. The number of nitrogens with zero attached hydrogens (tertiary/aromatic N) is 4. The normalized spacial score (nSPS) is 17.0. The largest absolute Gasteiger partial charge is 0.331 e. The molecule has 2 aromatic heterocycles. The van der Waals surface area contributed by atoms with Gasteiger partial charge in [-0.2, -0.15) is 0 Å². The number of piperazine rings is 1. The van der Waals surface area contributed by atoms with E-state index in [0.717, 1.165) is 10.1 Å². The second-order valence-electron chi connectivity index (χ2n) is 5.72. The lowest BCUT2D eigenvalue weighted by molar-refractivity contribution is -0.135. The van der Waals surface area contributed by atoms with Crippen molar-refractivity contribution in [1.29, 1.82) is 0 Å². The number of carbonyl (C=O) groups is 1. The SMILES string of the molecule is Cl.Cn1c(=O)ccn(CC(=O)N2CCNCC2c2cccnc2)c1=O. The van der Waals surface area contributed by atoms with Crippen LogP contribution in [0.25, 0.3) is 0 Å². The van der Waals surface area contributed by atoms with Crippen LogP contribution in [0.1, 0.15) is 11.6 Å². The van der Waals surface area contributed by atoms with Gasteiger partial charge in [0, 0.05) is 51.3 Å². The summed E-state index contributed by atoms with van der Waals surface area (Å²) in [4.78, 5) is 42.1. The van der Waals surface area contributed by atoms with Crippen LogP contribution in [0, 0.1) is 0 Å². The molecular weight excluding hydrogens is 346 g/mol. The average Bonchev–Trinajstić information content (AvgIpc) is 2.63. The summed E-state index contributed by atoms with van der Waals surface area (Å²) in [6.07, 6.45) is 4.80. The van der Waals surface area contributed by atoms with Crippen LogP contribution in [0.2, 0.25) is 0 Å². The first-order chi connectivity index (χ1) is 11.6. The van der Waals surface area contributed by atoms with Gasteiger partial charge in [0.2, 0.25) is 5.91 Å². The van der Waals surface area contributed by atoms with Crippen LogP contribution in [0.5, 0.6) is 0 Å². The number of hydrogen-bond donors (Lipinski definition) is 1. The van der Waals surface area contributed by atoms with E-state index in [0.29, 0.717) is 19.6 Å². The zero-order valence-electron chi connectivity index (χ0n) is 13.8. The fraction of sp³-hybridized carbons (Fsp3) is 0.375. The molecule has 1 aliphatic heterocycles. The van der Waals surface area contributed by atoms with Crippen molar-refractivity contribution in [3.8, 4) is 0 Å². The monoisotopic (exact) mass is 365 g/mol. The highest BCUT2D eigenvalue weighted by molar-refractivity contribution is 5.85. The number of pyridine rings is 1. The summed E-state index contributed by atoms with van der Waals surface area (Å²) in [5.74, 6) is -0.161. The highest BCUT2D eigenvalue weighted by Gasteiger charge is 2.28. The molecule has 1 aliphatic rings. The van der Waals surface area contributed by atoms with Crippen molar-refractivity contribution in [1.82, 2.24) is 24.3 Å². The third-order valence-corrected chi connectivity index (χ3v) is 4.20. The van der Waals surface area contributed by atoms with Crippen molar-refractivity contribution < 1.29 is 4.79 Å². The fourth-order valence-corrected chi connectivity index (χ4v) is 2.85. The minimum atomic E-state index is -0.496. The lowest BCUT2D eigenvalue weighted by atomic mass is 10.1. The number of halogens is 1. The lowest BCUT2D eigenvalue weighted by Gasteiger charge is -2.36. The molecule has 3 rings (SSSR count). The summed E-state index contributed by atoms with van der Waals surface area (Å²) in [5, 5.41) is 3.27. The molecule has 1 N–H and O–H groups in total. The lowest BCUT2D eigenvalue weighted by Crippen LogP contribution is -2.50. The highest BCUT2D eigenvalue weighted by Crippen LogP contribution is 2.21. The Bertz CT molecular complexity index is 849. The van der Waals surface area contributed by atoms with E-state index in [1.807, 2.05) is 12.1 Å². The van der Waals surface area contributed by atoms with Crippen molar-refractivity contribution in [2.45, 2.75) is 12.6 Å². The third kappa shape index (κ3) is 3.97. The molecule has 0 spiro atoms. The van der Waals surface area contributed by atoms with Gasteiger partial charge in [-0.05, 0) is 11.6 Å². The summed E-state index contributed by atoms with van der Waals surface area (Å²) in [7, 11) is 1.40. The Morgan fingerprint density at radius 2 is 2.16 bits per heavy atom. The van der Waals surface area contributed by atoms with Gasteiger partial charge in [0.1, 0.15) is 6.54 Å². The molecule has 3 heterocycles. The maximum absolute atomic E-state index is 12.7. The molecule has 1 saturated heterocycles. The van der Waals surface area contributed by atoms with Gasteiger partial charge in [0.05, 0.1) is 6.04 Å². The quantitative estimate of drug-likeness (QED) is 0.795. The van der Waals surface area contributed by atoms with E-state index < -0.39 is 5.69 Å². The van der Waals surface area contributed by atoms with Crippen LogP contribution in [0.4, 0.5) is 0 Å². The van der Waals surface area contributed by atoms with E-state index in [4.69, 9.17) is 0 Å². The third-order valence-electron chi connectivity index (χ3n) is 4.20. The molecule has 1 atom stereocenters. The second-order valence-corrected chi connectivity index (χ2v) is 5.72. The number of carbonyl (C=O) groups excluding carboxylic acids is 1. The summed E-state index contributed by atoms with van der Waals surface area (Å²) in [5.41, 5.74) is 0.0638. The number of rotatable bonds is 3. The van der Waals surface area contributed by atoms with E-state index in [1.165, 1.54) is 23.9 Å². The molecule has 0 bridgehead atoms. The number of nitrogens with one attached hydrogen (secondary N) is 1. The average molecular weight is 366 g/mol. The summed E-state index contributed by atoms with van der Waals surface area (Å²) in [6.45, 7) is 1.80. The first kappa shape index (κ1) is 18.9. The molecular formula is C16H20ClN5O3. The first-order valence-corrected chi connectivity index (χ1v) is 7.74. The fourth-order valence-electron chi connectivity index (χ4n) is 2.85. The molecule has 2 aromatic rings. The Morgan fingerprint density at radius 3 is 2.88 bits per heavy atom. The second kappa shape index (κ2) is 8.09. The zero-order valence-corrected chi connectivity index (χ0v) is 14.6. The number of amides is 1. The molecule has 0 radical (unpaired) electrons. The van der Waals surface area contributed by atoms with E-state index in [1.54, 1.807) is 17.3 Å². The van der Waals surface area contributed by atoms with Crippen LogP contribution < -0.4 is 16.6 Å². The maximum atomic E-state index is 12.7. The topological polar surface area (TPSA) is 89.2 Å². The van der Waals surface area contributed by atoms with Crippen molar-refractivity contribution in [2.75, 3.05) is 19.6 Å². The Kier molecular flexibility index (Phi) is 6.11. The predicted octanol–water partition coefficient (Wildman–Crippen LogP) is -0.463. The van der Waals surface area contributed by atoms with E-state index in [2.05, 4.69) is 10.3 Å². The van der Waals surface area contributed by atoms with Gasteiger partial charge in [0.15, 0.2) is 0 Å². The molecule has 134 valence electrons. The van der Waals surface area contributed by atoms with Crippen LogP contribution in [-0.2, 0) is 18.4 Å². The van der Waals surface area contributed by atoms with Crippen LogP contribution >= 0.6 is 12.4 Å². The predicted molar refractivity (Wildman–Crippen MR) is 94.8 cm³/mol. The van der Waals surface area contributed by atoms with Gasteiger partial charge in [-0.1, -0.05) is 6.07 Å². The first-order valence-electron chi connectivity index (χ1n) is 7.74. The summed E-state index contributed by atoms with van der Waals surface area (Å²) >= 11 is 0. The minimum Gasteiger partial charge on any atom is -0.331 e. The van der Waals surface area contributed by atoms with Crippen molar-refractivity contribution >= 4 is 18.3 Å². The zero-order chi connectivity index (χ0) is 17.1. The Balaban J connectivity index is 0.00000225. The maximum Gasteiger partial charge on any atom is 0.331 e. The molecule has 1 amide bonds. The summed E-state index contributed by atoms with van der Waals surface area (Å²) < 4.78 is 2.25. The molecule has 1 unspecified atom stereocenters. The van der Waals surface area contributed by atoms with Crippen molar-refractivity contribution in [3.05, 3.63) is 63.2 Å². The van der Waals surface area contributed by atoms with Gasteiger partial charge in [-0.3, -0.25) is 23.7 Å². The minimum absolute atomic E-state index is 0. The summed E-state index contributed by atoms with van der Waals surface area (Å²) in [6, 6.07) is 4.93. The van der Waals surface area contributed by atoms with Gasteiger partial charge < -0.3 is 10.2 Å². The number of aromatic nitrogens is 3. The molecule has 9 heteroatoms. The molecule has 0 saturated carbocycles. The highest BCUT2D eigenvalue weighted by atomic mass is 35.5.